The van der Waals surface area contributed by atoms with E-state index in [1.807, 2.05) is 54.2 Å². The minimum atomic E-state index is -0.207. The van der Waals surface area contributed by atoms with Gasteiger partial charge in [0.2, 0.25) is 0 Å². The standard InChI is InChI=1S/C17H21N3O/c1-17(2,3)14-9-7-13(8-10-14)16(21)19-18-12-15-6-5-11-20(15)4/h5-12H,1-4H3,(H,19,21). The van der Waals surface area contributed by atoms with Gasteiger partial charge in [0.05, 0.1) is 11.9 Å². The summed E-state index contributed by atoms with van der Waals surface area (Å²) in [5, 5.41) is 3.98. The summed E-state index contributed by atoms with van der Waals surface area (Å²) in [7, 11) is 1.92. The van der Waals surface area contributed by atoms with Crippen molar-refractivity contribution in [3.63, 3.8) is 0 Å². The van der Waals surface area contributed by atoms with Gasteiger partial charge in [-0.15, -0.1) is 0 Å². The van der Waals surface area contributed by atoms with Crippen molar-refractivity contribution in [3.05, 3.63) is 59.4 Å². The highest BCUT2D eigenvalue weighted by atomic mass is 16.2. The first kappa shape index (κ1) is 15.0. The monoisotopic (exact) mass is 283 g/mol. The molecular weight excluding hydrogens is 262 g/mol. The summed E-state index contributed by atoms with van der Waals surface area (Å²) in [6.45, 7) is 6.44. The number of hydrogen-bond donors (Lipinski definition) is 1. The van der Waals surface area contributed by atoms with E-state index in [4.69, 9.17) is 0 Å². The number of hydrogen-bond acceptors (Lipinski definition) is 2. The third-order valence-corrected chi connectivity index (χ3v) is 3.36. The number of rotatable bonds is 3. The molecule has 1 aromatic carbocycles. The van der Waals surface area contributed by atoms with Gasteiger partial charge in [-0.25, -0.2) is 5.43 Å². The van der Waals surface area contributed by atoms with Crippen LogP contribution in [0.5, 0.6) is 0 Å². The Morgan fingerprint density at radius 2 is 1.86 bits per heavy atom. The number of aryl methyl sites for hydroxylation is 1. The summed E-state index contributed by atoms with van der Waals surface area (Å²) in [6.07, 6.45) is 3.55. The fraction of sp³-hybridized carbons (Fsp3) is 0.294. The molecule has 1 heterocycles. The van der Waals surface area contributed by atoms with Crippen LogP contribution in [-0.2, 0) is 12.5 Å². The maximum absolute atomic E-state index is 12.0. The molecule has 0 saturated heterocycles. The van der Waals surface area contributed by atoms with Gasteiger partial charge >= 0.3 is 0 Å². The topological polar surface area (TPSA) is 46.4 Å². The Labute approximate surface area is 125 Å². The maximum atomic E-state index is 12.0. The van der Waals surface area contributed by atoms with Crippen molar-refractivity contribution in [2.75, 3.05) is 0 Å². The first-order valence-electron chi connectivity index (χ1n) is 6.93. The second-order valence-electron chi connectivity index (χ2n) is 6.07. The van der Waals surface area contributed by atoms with Crippen LogP contribution in [0.25, 0.3) is 0 Å². The number of carbonyl (C=O) groups is 1. The molecule has 0 fully saturated rings. The highest BCUT2D eigenvalue weighted by Gasteiger charge is 2.14. The van der Waals surface area contributed by atoms with E-state index in [1.54, 1.807) is 6.21 Å². The van der Waals surface area contributed by atoms with Crippen LogP contribution in [0.1, 0.15) is 42.4 Å². The number of aromatic nitrogens is 1. The number of amides is 1. The van der Waals surface area contributed by atoms with Crippen molar-refractivity contribution in [2.24, 2.45) is 12.1 Å². The molecule has 21 heavy (non-hydrogen) atoms. The first-order valence-corrected chi connectivity index (χ1v) is 6.93. The number of hydrazone groups is 1. The van der Waals surface area contributed by atoms with Crippen molar-refractivity contribution >= 4 is 12.1 Å². The van der Waals surface area contributed by atoms with E-state index < -0.39 is 0 Å². The minimum absolute atomic E-state index is 0.0830. The molecule has 0 unspecified atom stereocenters. The third-order valence-electron chi connectivity index (χ3n) is 3.36. The molecule has 0 bridgehead atoms. The van der Waals surface area contributed by atoms with Gasteiger partial charge in [0.15, 0.2) is 0 Å². The maximum Gasteiger partial charge on any atom is 0.271 e. The van der Waals surface area contributed by atoms with Crippen LogP contribution in [0.15, 0.2) is 47.7 Å². The first-order chi connectivity index (χ1) is 9.88. The summed E-state index contributed by atoms with van der Waals surface area (Å²) in [4.78, 5) is 12.0. The van der Waals surface area contributed by atoms with Crippen molar-refractivity contribution in [2.45, 2.75) is 26.2 Å². The Morgan fingerprint density at radius 3 is 2.38 bits per heavy atom. The van der Waals surface area contributed by atoms with Crippen LogP contribution in [0.4, 0.5) is 0 Å². The largest absolute Gasteiger partial charge is 0.350 e. The number of carbonyl (C=O) groups excluding carboxylic acids is 1. The second kappa shape index (κ2) is 5.95. The number of nitrogens with one attached hydrogen (secondary N) is 1. The fourth-order valence-electron chi connectivity index (χ4n) is 1.95. The summed E-state index contributed by atoms with van der Waals surface area (Å²) >= 11 is 0. The molecule has 1 aromatic heterocycles. The predicted octanol–water partition coefficient (Wildman–Crippen LogP) is 3.09. The Kier molecular flexibility index (Phi) is 4.26. The predicted molar refractivity (Wildman–Crippen MR) is 85.6 cm³/mol. The van der Waals surface area contributed by atoms with Gasteiger partial charge in [0.25, 0.3) is 5.91 Å². The average Bonchev–Trinajstić information content (AvgIpc) is 2.83. The van der Waals surface area contributed by atoms with E-state index in [9.17, 15) is 4.79 Å². The van der Waals surface area contributed by atoms with E-state index >= 15 is 0 Å². The van der Waals surface area contributed by atoms with Crippen LogP contribution in [0.3, 0.4) is 0 Å². The van der Waals surface area contributed by atoms with Crippen LogP contribution in [-0.4, -0.2) is 16.7 Å². The summed E-state index contributed by atoms with van der Waals surface area (Å²) < 4.78 is 1.92. The Hall–Kier alpha value is -2.36. The highest BCUT2D eigenvalue weighted by molar-refractivity contribution is 5.94. The number of nitrogens with zero attached hydrogens (tertiary/aromatic N) is 2. The van der Waals surface area contributed by atoms with Crippen molar-refractivity contribution in [1.82, 2.24) is 9.99 Å². The molecular formula is C17H21N3O. The van der Waals surface area contributed by atoms with E-state index in [0.29, 0.717) is 5.56 Å². The number of benzene rings is 1. The molecule has 0 radical (unpaired) electrons. The summed E-state index contributed by atoms with van der Waals surface area (Å²) in [6, 6.07) is 11.5. The molecule has 0 spiro atoms. The summed E-state index contributed by atoms with van der Waals surface area (Å²) in [5.74, 6) is -0.207. The molecule has 4 heteroatoms. The van der Waals surface area contributed by atoms with Crippen molar-refractivity contribution in [3.8, 4) is 0 Å². The average molecular weight is 283 g/mol. The van der Waals surface area contributed by atoms with Gasteiger partial charge in [0, 0.05) is 18.8 Å². The smallest absolute Gasteiger partial charge is 0.271 e. The Morgan fingerprint density at radius 1 is 1.19 bits per heavy atom. The minimum Gasteiger partial charge on any atom is -0.350 e. The Balaban J connectivity index is 2.01. The lowest BCUT2D eigenvalue weighted by molar-refractivity contribution is 0.0955. The van der Waals surface area contributed by atoms with Gasteiger partial charge in [-0.3, -0.25) is 4.79 Å². The SMILES string of the molecule is Cn1cccc1C=NNC(=O)c1ccc(C(C)(C)C)cc1. The van der Waals surface area contributed by atoms with Crippen LogP contribution < -0.4 is 5.43 Å². The second-order valence-corrected chi connectivity index (χ2v) is 6.07. The fourth-order valence-corrected chi connectivity index (χ4v) is 1.95. The van der Waals surface area contributed by atoms with E-state index in [1.165, 1.54) is 5.56 Å². The van der Waals surface area contributed by atoms with Crippen LogP contribution in [0, 0.1) is 0 Å². The molecule has 0 aliphatic carbocycles. The molecule has 2 aromatic rings. The lowest BCUT2D eigenvalue weighted by Crippen LogP contribution is -2.18. The zero-order valence-electron chi connectivity index (χ0n) is 12.9. The van der Waals surface area contributed by atoms with Gasteiger partial charge in [-0.05, 0) is 35.2 Å². The molecule has 0 aliphatic heterocycles. The molecule has 4 nitrogen and oxygen atoms in total. The molecule has 1 N–H and O–H groups in total. The normalized spacial score (nSPS) is 11.8. The van der Waals surface area contributed by atoms with Gasteiger partial charge < -0.3 is 4.57 Å². The lowest BCUT2D eigenvalue weighted by Gasteiger charge is -2.18. The molecule has 2 rings (SSSR count). The molecule has 0 atom stereocenters. The van der Waals surface area contributed by atoms with Gasteiger partial charge in [-0.1, -0.05) is 32.9 Å². The zero-order chi connectivity index (χ0) is 15.5. The van der Waals surface area contributed by atoms with Gasteiger partial charge in [0.1, 0.15) is 0 Å². The van der Waals surface area contributed by atoms with Crippen LogP contribution in [0.2, 0.25) is 0 Å². The van der Waals surface area contributed by atoms with Crippen molar-refractivity contribution in [1.29, 1.82) is 0 Å². The quantitative estimate of drug-likeness (QED) is 0.683. The van der Waals surface area contributed by atoms with Gasteiger partial charge in [-0.2, -0.15) is 5.10 Å². The molecule has 110 valence electrons. The van der Waals surface area contributed by atoms with E-state index in [0.717, 1.165) is 5.69 Å². The van der Waals surface area contributed by atoms with Crippen LogP contribution >= 0.6 is 0 Å². The lowest BCUT2D eigenvalue weighted by atomic mass is 9.87. The molecule has 0 saturated carbocycles. The van der Waals surface area contributed by atoms with E-state index in [-0.39, 0.29) is 11.3 Å². The third kappa shape index (κ3) is 3.81. The summed E-state index contributed by atoms with van der Waals surface area (Å²) in [5.41, 5.74) is 5.36. The zero-order valence-corrected chi connectivity index (χ0v) is 12.9. The molecule has 1 amide bonds. The van der Waals surface area contributed by atoms with E-state index in [2.05, 4.69) is 31.3 Å². The highest BCUT2D eigenvalue weighted by Crippen LogP contribution is 2.22. The molecule has 0 aliphatic rings. The Bertz CT molecular complexity index is 645. The van der Waals surface area contributed by atoms with Crippen molar-refractivity contribution < 1.29 is 4.79 Å².